The average molecular weight is 397 g/mol. The van der Waals surface area contributed by atoms with Gasteiger partial charge in [-0.1, -0.05) is 33.6 Å². The molecule has 0 bridgehead atoms. The summed E-state index contributed by atoms with van der Waals surface area (Å²) in [5, 5.41) is 14.5. The van der Waals surface area contributed by atoms with Gasteiger partial charge in [-0.05, 0) is 30.3 Å². The van der Waals surface area contributed by atoms with E-state index in [2.05, 4.69) is 26.2 Å². The van der Waals surface area contributed by atoms with Crippen molar-refractivity contribution in [1.82, 2.24) is 4.98 Å². The molecule has 2 aromatic carbocycles. The minimum Gasteiger partial charge on any atom is -0.347 e. The van der Waals surface area contributed by atoms with Crippen LogP contribution in [0.15, 0.2) is 47.1 Å². The third kappa shape index (κ3) is 2.97. The highest BCUT2D eigenvalue weighted by molar-refractivity contribution is 9.10. The maximum absolute atomic E-state index is 14.1. The molecule has 1 N–H and O–H groups in total. The van der Waals surface area contributed by atoms with Gasteiger partial charge in [-0.3, -0.25) is 10.1 Å². The Balaban J connectivity index is 2.25. The van der Waals surface area contributed by atoms with Crippen LogP contribution in [0.4, 0.5) is 21.5 Å². The summed E-state index contributed by atoms with van der Waals surface area (Å²) < 4.78 is 14.8. The molecule has 0 amide bonds. The maximum Gasteiger partial charge on any atom is 0.311 e. The first-order valence-electron chi connectivity index (χ1n) is 6.41. The van der Waals surface area contributed by atoms with E-state index in [1.165, 1.54) is 12.1 Å². The zero-order chi connectivity index (χ0) is 16.6. The molecule has 1 aromatic heterocycles. The van der Waals surface area contributed by atoms with E-state index in [1.54, 1.807) is 24.3 Å². The molecular weight excluding hydrogens is 389 g/mol. The molecule has 0 atom stereocenters. The van der Waals surface area contributed by atoms with Crippen LogP contribution >= 0.6 is 27.5 Å². The Hall–Kier alpha value is -2.25. The lowest BCUT2D eigenvalue weighted by molar-refractivity contribution is -0.384. The molecule has 0 saturated carbocycles. The van der Waals surface area contributed by atoms with Gasteiger partial charge in [0.15, 0.2) is 5.82 Å². The van der Waals surface area contributed by atoms with Crippen LogP contribution in [-0.2, 0) is 0 Å². The Morgan fingerprint density at radius 3 is 2.83 bits per heavy atom. The predicted molar refractivity (Wildman–Crippen MR) is 90.8 cm³/mol. The molecule has 0 aliphatic carbocycles. The third-order valence-corrected chi connectivity index (χ3v) is 4.00. The second kappa shape index (κ2) is 6.10. The summed E-state index contributed by atoms with van der Waals surface area (Å²) in [4.78, 5) is 14.8. The van der Waals surface area contributed by atoms with Gasteiger partial charge in [-0.15, -0.1) is 0 Å². The number of nitrogens with zero attached hydrogens (tertiary/aromatic N) is 2. The van der Waals surface area contributed by atoms with Crippen LogP contribution in [0, 0.1) is 15.9 Å². The monoisotopic (exact) mass is 395 g/mol. The van der Waals surface area contributed by atoms with Gasteiger partial charge >= 0.3 is 5.69 Å². The Morgan fingerprint density at radius 1 is 1.30 bits per heavy atom. The van der Waals surface area contributed by atoms with Crippen LogP contribution in [0.5, 0.6) is 0 Å². The summed E-state index contributed by atoms with van der Waals surface area (Å²) in [7, 11) is 0. The van der Waals surface area contributed by atoms with Gasteiger partial charge in [0.2, 0.25) is 0 Å². The number of hydrogen-bond donors (Lipinski definition) is 1. The highest BCUT2D eigenvalue weighted by Crippen LogP contribution is 2.36. The topological polar surface area (TPSA) is 68.1 Å². The number of halogens is 3. The van der Waals surface area contributed by atoms with Crippen molar-refractivity contribution in [2.75, 3.05) is 5.32 Å². The first-order valence-corrected chi connectivity index (χ1v) is 7.58. The van der Waals surface area contributed by atoms with Crippen LogP contribution in [0.3, 0.4) is 0 Å². The summed E-state index contributed by atoms with van der Waals surface area (Å²) in [6.07, 6.45) is 1.14. The van der Waals surface area contributed by atoms with Gasteiger partial charge in [0.25, 0.3) is 0 Å². The first kappa shape index (κ1) is 15.6. The van der Waals surface area contributed by atoms with Crippen LogP contribution in [0.1, 0.15) is 0 Å². The molecule has 0 saturated heterocycles. The van der Waals surface area contributed by atoms with Crippen LogP contribution in [0.2, 0.25) is 5.02 Å². The fourth-order valence-electron chi connectivity index (χ4n) is 2.16. The minimum absolute atomic E-state index is 0.0491. The van der Waals surface area contributed by atoms with Crippen molar-refractivity contribution in [2.45, 2.75) is 0 Å². The highest BCUT2D eigenvalue weighted by Gasteiger charge is 2.20. The summed E-state index contributed by atoms with van der Waals surface area (Å²) in [6, 6.07) is 9.57. The van der Waals surface area contributed by atoms with Crippen molar-refractivity contribution in [2.24, 2.45) is 0 Å². The second-order valence-electron chi connectivity index (χ2n) is 4.66. The highest BCUT2D eigenvalue weighted by atomic mass is 79.9. The Bertz CT molecular complexity index is 936. The molecular formula is C15H8BrClFN3O2. The molecule has 0 unspecified atom stereocenters. The molecule has 3 rings (SSSR count). The number of hydrogen-bond acceptors (Lipinski definition) is 4. The van der Waals surface area contributed by atoms with E-state index < -0.39 is 10.7 Å². The Labute approximate surface area is 143 Å². The van der Waals surface area contributed by atoms with Crippen LogP contribution in [-0.4, -0.2) is 9.91 Å². The van der Waals surface area contributed by atoms with Gasteiger partial charge in [-0.25, -0.2) is 9.37 Å². The number of pyridine rings is 1. The molecule has 8 heteroatoms. The minimum atomic E-state index is -0.677. The maximum atomic E-state index is 14.1. The Morgan fingerprint density at radius 2 is 2.09 bits per heavy atom. The first-order chi connectivity index (χ1) is 11.0. The van der Waals surface area contributed by atoms with E-state index in [0.717, 1.165) is 10.7 Å². The summed E-state index contributed by atoms with van der Waals surface area (Å²) in [5.41, 5.74) is 0.495. The van der Waals surface area contributed by atoms with E-state index in [4.69, 9.17) is 11.6 Å². The fourth-order valence-corrected chi connectivity index (χ4v) is 2.69. The lowest BCUT2D eigenvalue weighted by Crippen LogP contribution is -2.01. The molecule has 23 heavy (non-hydrogen) atoms. The normalized spacial score (nSPS) is 10.7. The fraction of sp³-hybridized carbons (Fsp3) is 0. The predicted octanol–water partition coefficient (Wildman–Crippen LogP) is 5.44. The van der Waals surface area contributed by atoms with E-state index >= 15 is 0 Å². The van der Waals surface area contributed by atoms with E-state index in [9.17, 15) is 14.5 Å². The van der Waals surface area contributed by atoms with E-state index in [0.29, 0.717) is 10.9 Å². The van der Waals surface area contributed by atoms with Crippen LogP contribution in [0.25, 0.3) is 10.9 Å². The van der Waals surface area contributed by atoms with Crippen LogP contribution < -0.4 is 5.32 Å². The van der Waals surface area contributed by atoms with Gasteiger partial charge < -0.3 is 5.32 Å². The van der Waals surface area contributed by atoms with Gasteiger partial charge in [0, 0.05) is 9.86 Å². The largest absolute Gasteiger partial charge is 0.347 e. The number of aromatic nitrogens is 1. The molecule has 3 aromatic rings. The molecule has 0 radical (unpaired) electrons. The lowest BCUT2D eigenvalue weighted by Gasteiger charge is -2.11. The SMILES string of the molecule is O=[N+]([O-])c1cnc2ccc(Br)cc2c1Nc1cccc(Cl)c1F. The lowest BCUT2D eigenvalue weighted by atomic mass is 10.1. The second-order valence-corrected chi connectivity index (χ2v) is 5.99. The molecule has 5 nitrogen and oxygen atoms in total. The quantitative estimate of drug-likeness (QED) is 0.473. The van der Waals surface area contributed by atoms with Crippen molar-refractivity contribution in [3.8, 4) is 0 Å². The zero-order valence-electron chi connectivity index (χ0n) is 11.4. The number of nitrogens with one attached hydrogen (secondary N) is 1. The average Bonchev–Trinajstić information content (AvgIpc) is 2.51. The van der Waals surface area contributed by atoms with Gasteiger partial charge in [-0.2, -0.15) is 0 Å². The zero-order valence-corrected chi connectivity index (χ0v) is 13.7. The molecule has 0 fully saturated rings. The number of rotatable bonds is 3. The number of benzene rings is 2. The van der Waals surface area contributed by atoms with Gasteiger partial charge in [0.05, 0.1) is 21.2 Å². The summed E-state index contributed by atoms with van der Waals surface area (Å²) in [5.74, 6) is -0.677. The third-order valence-electron chi connectivity index (χ3n) is 3.22. The van der Waals surface area contributed by atoms with Crippen molar-refractivity contribution in [1.29, 1.82) is 0 Å². The number of nitro groups is 1. The molecule has 1 heterocycles. The molecule has 0 aliphatic heterocycles. The molecule has 0 aliphatic rings. The van der Waals surface area contributed by atoms with Gasteiger partial charge in [0.1, 0.15) is 11.9 Å². The van der Waals surface area contributed by atoms with Crippen molar-refractivity contribution in [3.05, 3.63) is 68.0 Å². The van der Waals surface area contributed by atoms with Crippen molar-refractivity contribution in [3.63, 3.8) is 0 Å². The van der Waals surface area contributed by atoms with Crippen molar-refractivity contribution < 1.29 is 9.31 Å². The number of anilines is 2. The smallest absolute Gasteiger partial charge is 0.311 e. The number of fused-ring (bicyclic) bond motifs is 1. The summed E-state index contributed by atoms with van der Waals surface area (Å²) in [6.45, 7) is 0. The van der Waals surface area contributed by atoms with E-state index in [1.807, 2.05) is 0 Å². The van der Waals surface area contributed by atoms with E-state index in [-0.39, 0.29) is 22.1 Å². The molecule has 116 valence electrons. The standard InChI is InChI=1S/C15H8BrClFN3O2/c16-8-4-5-11-9(6-8)15(13(7-19-11)21(22)23)20-12-3-1-2-10(17)14(12)18/h1-7H,(H,19,20). The summed E-state index contributed by atoms with van der Waals surface area (Å²) >= 11 is 9.08. The molecule has 0 spiro atoms. The van der Waals surface area contributed by atoms with Crippen molar-refractivity contribution >= 4 is 55.5 Å². The Kier molecular flexibility index (Phi) is 4.14.